The van der Waals surface area contributed by atoms with Gasteiger partial charge in [-0.2, -0.15) is 0 Å². The van der Waals surface area contributed by atoms with Crippen molar-refractivity contribution in [3.8, 4) is 0 Å². The van der Waals surface area contributed by atoms with Gasteiger partial charge in [-0.15, -0.1) is 0 Å². The minimum absolute atomic E-state index is 0.274. The summed E-state index contributed by atoms with van der Waals surface area (Å²) in [5.41, 5.74) is 2.21. The van der Waals surface area contributed by atoms with Crippen molar-refractivity contribution in [3.63, 3.8) is 0 Å². The Balaban J connectivity index is 2.07. The first kappa shape index (κ1) is 18.0. The van der Waals surface area contributed by atoms with Crippen LogP contribution in [0.25, 0.3) is 0 Å². The number of anilines is 1. The third kappa shape index (κ3) is 3.94. The lowest BCUT2D eigenvalue weighted by molar-refractivity contribution is -0.123. The van der Waals surface area contributed by atoms with Crippen molar-refractivity contribution in [2.24, 2.45) is 0 Å². The van der Waals surface area contributed by atoms with Crippen molar-refractivity contribution in [1.29, 1.82) is 0 Å². The van der Waals surface area contributed by atoms with Crippen molar-refractivity contribution in [2.45, 2.75) is 40.2 Å². The number of ether oxygens (including phenoxy) is 1. The third-order valence-electron chi connectivity index (χ3n) is 3.58. The van der Waals surface area contributed by atoms with E-state index in [1.54, 1.807) is 25.1 Å². The molecule has 1 unspecified atom stereocenters. The second-order valence-corrected chi connectivity index (χ2v) is 5.85. The highest BCUT2D eigenvalue weighted by atomic mass is 35.5. The summed E-state index contributed by atoms with van der Waals surface area (Å²) in [6, 6.07) is 5.17. The molecular formula is C17H19ClN2O4. The van der Waals surface area contributed by atoms with Crippen LogP contribution >= 0.6 is 11.6 Å². The number of carbonyl (C=O) groups is 2. The quantitative estimate of drug-likeness (QED) is 0.831. The molecule has 1 atom stereocenters. The number of esters is 1. The molecule has 0 fully saturated rings. The zero-order valence-electron chi connectivity index (χ0n) is 14.0. The summed E-state index contributed by atoms with van der Waals surface area (Å²) in [5.74, 6) is -0.702. The zero-order valence-corrected chi connectivity index (χ0v) is 14.7. The van der Waals surface area contributed by atoms with E-state index in [-0.39, 0.29) is 5.56 Å². The van der Waals surface area contributed by atoms with E-state index in [1.165, 1.54) is 6.92 Å². The average Bonchev–Trinajstić information content (AvgIpc) is 2.91. The number of hydrogen-bond acceptors (Lipinski definition) is 5. The Morgan fingerprint density at radius 2 is 2.08 bits per heavy atom. The number of benzene rings is 1. The van der Waals surface area contributed by atoms with E-state index in [1.807, 2.05) is 13.8 Å². The molecule has 0 bridgehead atoms. The molecule has 0 saturated carbocycles. The molecule has 0 saturated heterocycles. The van der Waals surface area contributed by atoms with E-state index >= 15 is 0 Å². The Hall–Kier alpha value is -2.34. The lowest BCUT2D eigenvalue weighted by Crippen LogP contribution is -2.30. The molecule has 1 heterocycles. The first-order chi connectivity index (χ1) is 11.3. The van der Waals surface area contributed by atoms with Crippen molar-refractivity contribution in [2.75, 3.05) is 5.32 Å². The number of nitrogens with zero attached hydrogens (tertiary/aromatic N) is 1. The van der Waals surface area contributed by atoms with E-state index in [4.69, 9.17) is 20.9 Å². The van der Waals surface area contributed by atoms with Crippen LogP contribution in [0.2, 0.25) is 5.02 Å². The van der Waals surface area contributed by atoms with E-state index in [0.717, 1.165) is 5.56 Å². The van der Waals surface area contributed by atoms with Crippen LogP contribution in [0.4, 0.5) is 5.69 Å². The molecule has 1 amide bonds. The number of carbonyl (C=O) groups excluding carboxylic acids is 2. The van der Waals surface area contributed by atoms with E-state index in [9.17, 15) is 9.59 Å². The fraction of sp³-hybridized carbons (Fsp3) is 0.353. The summed E-state index contributed by atoms with van der Waals surface area (Å²) in [6.07, 6.45) is -0.445. The maximum atomic E-state index is 12.3. The molecule has 128 valence electrons. The van der Waals surface area contributed by atoms with Gasteiger partial charge in [0.2, 0.25) is 0 Å². The fourth-order valence-electron chi connectivity index (χ4n) is 2.16. The van der Waals surface area contributed by atoms with Gasteiger partial charge in [0.25, 0.3) is 5.91 Å². The number of halogens is 1. The molecule has 0 aliphatic rings. The number of nitrogens with one attached hydrogen (secondary N) is 1. The highest BCUT2D eigenvalue weighted by Crippen LogP contribution is 2.21. The monoisotopic (exact) mass is 350 g/mol. The molecule has 0 aliphatic carbocycles. The van der Waals surface area contributed by atoms with Crippen molar-refractivity contribution >= 4 is 29.2 Å². The molecule has 2 aromatic rings. The molecule has 1 aromatic carbocycles. The summed E-state index contributed by atoms with van der Waals surface area (Å²) in [7, 11) is 0. The lowest BCUT2D eigenvalue weighted by Gasteiger charge is -2.15. The van der Waals surface area contributed by atoms with Crippen LogP contribution in [0.15, 0.2) is 22.7 Å². The molecule has 7 heteroatoms. The smallest absolute Gasteiger partial charge is 0.344 e. The number of hydrogen-bond donors (Lipinski definition) is 1. The minimum atomic E-state index is -0.977. The van der Waals surface area contributed by atoms with Gasteiger partial charge in [-0.3, -0.25) is 4.79 Å². The van der Waals surface area contributed by atoms with Gasteiger partial charge in [0, 0.05) is 10.7 Å². The van der Waals surface area contributed by atoms with Gasteiger partial charge in [-0.1, -0.05) is 29.7 Å². The summed E-state index contributed by atoms with van der Waals surface area (Å²) in [4.78, 5) is 24.5. The van der Waals surface area contributed by atoms with Gasteiger partial charge >= 0.3 is 5.97 Å². The van der Waals surface area contributed by atoms with Gasteiger partial charge in [-0.25, -0.2) is 4.79 Å². The van der Waals surface area contributed by atoms with Gasteiger partial charge in [0.15, 0.2) is 6.10 Å². The predicted molar refractivity (Wildman–Crippen MR) is 90.3 cm³/mol. The van der Waals surface area contributed by atoms with Crippen molar-refractivity contribution in [1.82, 2.24) is 5.16 Å². The predicted octanol–water partition coefficient (Wildman–Crippen LogP) is 3.69. The standard InChI is InChI=1S/C17H19ClN2O4/c1-5-13-15(10(3)24-20-13)17(22)23-11(4)16(21)19-14-8-12(18)7-6-9(14)2/h6-8,11H,5H2,1-4H3,(H,19,21). The van der Waals surface area contributed by atoms with Gasteiger partial charge in [0.05, 0.1) is 5.69 Å². The van der Waals surface area contributed by atoms with Crippen LogP contribution in [0, 0.1) is 13.8 Å². The Bertz CT molecular complexity index is 770. The number of amides is 1. The largest absolute Gasteiger partial charge is 0.449 e. The van der Waals surface area contributed by atoms with Gasteiger partial charge < -0.3 is 14.6 Å². The summed E-state index contributed by atoms with van der Waals surface area (Å²) in [6.45, 7) is 6.83. The fourth-order valence-corrected chi connectivity index (χ4v) is 2.33. The average molecular weight is 351 g/mol. The van der Waals surface area contributed by atoms with Crippen molar-refractivity contribution < 1.29 is 18.8 Å². The first-order valence-electron chi connectivity index (χ1n) is 7.56. The maximum absolute atomic E-state index is 12.3. The molecule has 0 spiro atoms. The van der Waals surface area contributed by atoms with E-state index in [0.29, 0.717) is 28.6 Å². The molecular weight excluding hydrogens is 332 g/mol. The van der Waals surface area contributed by atoms with Crippen LogP contribution in [-0.4, -0.2) is 23.1 Å². The van der Waals surface area contributed by atoms with Crippen molar-refractivity contribution in [3.05, 3.63) is 45.8 Å². The SMILES string of the molecule is CCc1noc(C)c1C(=O)OC(C)C(=O)Nc1cc(Cl)ccc1C. The van der Waals surface area contributed by atoms with Gasteiger partial charge in [0.1, 0.15) is 11.3 Å². The highest BCUT2D eigenvalue weighted by molar-refractivity contribution is 6.31. The third-order valence-corrected chi connectivity index (χ3v) is 3.82. The normalized spacial score (nSPS) is 11.9. The molecule has 0 radical (unpaired) electrons. The first-order valence-corrected chi connectivity index (χ1v) is 7.94. The minimum Gasteiger partial charge on any atom is -0.449 e. The second kappa shape index (κ2) is 7.49. The maximum Gasteiger partial charge on any atom is 0.344 e. The highest BCUT2D eigenvalue weighted by Gasteiger charge is 2.25. The molecule has 1 aromatic heterocycles. The molecule has 1 N–H and O–H groups in total. The number of aromatic nitrogens is 1. The zero-order chi connectivity index (χ0) is 17.9. The van der Waals surface area contributed by atoms with Crippen LogP contribution in [-0.2, 0) is 16.0 Å². The second-order valence-electron chi connectivity index (χ2n) is 5.41. The van der Waals surface area contributed by atoms with Crippen LogP contribution in [0.1, 0.15) is 41.2 Å². The number of aryl methyl sites for hydroxylation is 3. The Morgan fingerprint density at radius 1 is 1.38 bits per heavy atom. The Morgan fingerprint density at radius 3 is 2.75 bits per heavy atom. The van der Waals surface area contributed by atoms with Gasteiger partial charge in [-0.05, 0) is 44.9 Å². The topological polar surface area (TPSA) is 81.4 Å². The summed E-state index contributed by atoms with van der Waals surface area (Å²) >= 11 is 5.93. The van der Waals surface area contributed by atoms with Crippen LogP contribution in [0.3, 0.4) is 0 Å². The lowest BCUT2D eigenvalue weighted by atomic mass is 10.1. The molecule has 0 aliphatic heterocycles. The molecule has 6 nitrogen and oxygen atoms in total. The Kier molecular flexibility index (Phi) is 5.62. The number of rotatable bonds is 5. The van der Waals surface area contributed by atoms with E-state index < -0.39 is 18.0 Å². The van der Waals surface area contributed by atoms with Crippen LogP contribution < -0.4 is 5.32 Å². The molecule has 2 rings (SSSR count). The van der Waals surface area contributed by atoms with E-state index in [2.05, 4.69) is 10.5 Å². The Labute approximate surface area is 145 Å². The molecule has 24 heavy (non-hydrogen) atoms. The summed E-state index contributed by atoms with van der Waals surface area (Å²) in [5, 5.41) is 7.02. The summed E-state index contributed by atoms with van der Waals surface area (Å²) < 4.78 is 10.2. The van der Waals surface area contributed by atoms with Crippen LogP contribution in [0.5, 0.6) is 0 Å².